The van der Waals surface area contributed by atoms with Gasteiger partial charge in [0.25, 0.3) is 5.69 Å². The van der Waals surface area contributed by atoms with Gasteiger partial charge in [-0.25, -0.2) is 0 Å². The average Bonchev–Trinajstić information content (AvgIpc) is 2.76. The minimum absolute atomic E-state index is 0.0267. The first kappa shape index (κ1) is 13.3. The lowest BCUT2D eigenvalue weighted by Crippen LogP contribution is -1.86. The van der Waals surface area contributed by atoms with Crippen molar-refractivity contribution in [3.63, 3.8) is 0 Å². The van der Waals surface area contributed by atoms with E-state index in [0.717, 1.165) is 5.39 Å². The fourth-order valence-corrected chi connectivity index (χ4v) is 2.02. The number of nitro groups is 1. The van der Waals surface area contributed by atoms with Crippen LogP contribution in [0.25, 0.3) is 17.0 Å². The van der Waals surface area contributed by atoms with Gasteiger partial charge in [-0.3, -0.25) is 20.0 Å². The van der Waals surface area contributed by atoms with Gasteiger partial charge >= 0.3 is 0 Å². The van der Waals surface area contributed by atoms with Crippen LogP contribution in [0, 0.1) is 10.1 Å². The number of aromatic nitrogens is 2. The summed E-state index contributed by atoms with van der Waals surface area (Å²) in [6.07, 6.45) is 3.63. The van der Waals surface area contributed by atoms with Crippen LogP contribution in [-0.4, -0.2) is 26.0 Å². The second-order valence-electron chi connectivity index (χ2n) is 3.80. The largest absolute Gasteiger partial charge is 0.288 e. The first-order valence-corrected chi connectivity index (χ1v) is 6.49. The lowest BCUT2D eigenvalue weighted by atomic mass is 10.2. The molecule has 0 aliphatic carbocycles. The highest BCUT2D eigenvalue weighted by molar-refractivity contribution is 8.13. The molecule has 1 heterocycles. The maximum absolute atomic E-state index is 10.8. The number of non-ortho nitro benzene ring substituents is 1. The molecule has 0 saturated heterocycles. The third-order valence-electron chi connectivity index (χ3n) is 2.45. The van der Waals surface area contributed by atoms with Crippen LogP contribution in [0.3, 0.4) is 0 Å². The molecule has 7 heteroatoms. The number of carbonyl (C=O) groups excluding carboxylic acids is 1. The van der Waals surface area contributed by atoms with E-state index in [1.807, 2.05) is 6.08 Å². The highest BCUT2D eigenvalue weighted by Gasteiger charge is 2.09. The van der Waals surface area contributed by atoms with E-state index in [-0.39, 0.29) is 10.8 Å². The molecule has 19 heavy (non-hydrogen) atoms. The number of thioether (sulfide) groups is 1. The molecule has 0 saturated carbocycles. The first-order chi connectivity index (χ1) is 9.08. The predicted molar refractivity (Wildman–Crippen MR) is 74.9 cm³/mol. The molecule has 2 aromatic rings. The predicted octanol–water partition coefficient (Wildman–Crippen LogP) is 2.76. The van der Waals surface area contributed by atoms with Crippen molar-refractivity contribution in [2.75, 3.05) is 5.75 Å². The van der Waals surface area contributed by atoms with Gasteiger partial charge in [0.15, 0.2) is 5.12 Å². The van der Waals surface area contributed by atoms with E-state index in [9.17, 15) is 14.9 Å². The lowest BCUT2D eigenvalue weighted by molar-refractivity contribution is -0.384. The summed E-state index contributed by atoms with van der Waals surface area (Å²) in [5, 5.41) is 18.4. The van der Waals surface area contributed by atoms with Crippen molar-refractivity contribution < 1.29 is 9.72 Å². The molecule has 6 nitrogen and oxygen atoms in total. The number of aromatic amines is 1. The number of rotatable bonds is 4. The van der Waals surface area contributed by atoms with Crippen LogP contribution in [0.4, 0.5) is 5.69 Å². The van der Waals surface area contributed by atoms with Gasteiger partial charge in [0.05, 0.1) is 16.1 Å². The number of benzene rings is 1. The SMILES string of the molecule is CC(=O)SCC=Cc1n[nH]c2cc([N+](=O)[O-])ccc12. The molecular weight excluding hydrogens is 266 g/mol. The number of carbonyl (C=O) groups is 1. The third-order valence-corrected chi connectivity index (χ3v) is 3.21. The summed E-state index contributed by atoms with van der Waals surface area (Å²) in [6.45, 7) is 1.52. The van der Waals surface area contributed by atoms with Gasteiger partial charge in [0.2, 0.25) is 0 Å². The molecule has 1 aromatic heterocycles. The van der Waals surface area contributed by atoms with Crippen molar-refractivity contribution in [3.8, 4) is 0 Å². The Morgan fingerprint density at radius 3 is 3.05 bits per heavy atom. The van der Waals surface area contributed by atoms with E-state index in [1.54, 1.807) is 12.1 Å². The maximum atomic E-state index is 10.8. The Morgan fingerprint density at radius 1 is 1.58 bits per heavy atom. The second-order valence-corrected chi connectivity index (χ2v) is 5.00. The van der Waals surface area contributed by atoms with E-state index in [4.69, 9.17) is 0 Å². The molecule has 2 rings (SSSR count). The van der Waals surface area contributed by atoms with Gasteiger partial charge in [-0.1, -0.05) is 17.8 Å². The van der Waals surface area contributed by atoms with Gasteiger partial charge in [0, 0.05) is 30.2 Å². The van der Waals surface area contributed by atoms with Crippen LogP contribution in [0.2, 0.25) is 0 Å². The number of hydrogen-bond donors (Lipinski definition) is 1. The first-order valence-electron chi connectivity index (χ1n) is 5.50. The van der Waals surface area contributed by atoms with E-state index in [0.29, 0.717) is 17.0 Å². The molecule has 98 valence electrons. The molecule has 0 unspecified atom stereocenters. The van der Waals surface area contributed by atoms with E-state index in [1.165, 1.54) is 30.8 Å². The second kappa shape index (κ2) is 5.66. The Morgan fingerprint density at radius 2 is 2.37 bits per heavy atom. The van der Waals surface area contributed by atoms with Crippen LogP contribution < -0.4 is 0 Å². The average molecular weight is 277 g/mol. The smallest absolute Gasteiger partial charge is 0.271 e. The molecule has 1 aromatic carbocycles. The zero-order valence-electron chi connectivity index (χ0n) is 10.1. The molecule has 0 radical (unpaired) electrons. The summed E-state index contributed by atoms with van der Waals surface area (Å²) in [6, 6.07) is 4.55. The number of nitrogens with zero attached hydrogens (tertiary/aromatic N) is 2. The van der Waals surface area contributed by atoms with E-state index in [2.05, 4.69) is 10.2 Å². The summed E-state index contributed by atoms with van der Waals surface area (Å²) in [5.41, 5.74) is 1.35. The number of nitrogens with one attached hydrogen (secondary N) is 1. The van der Waals surface area contributed by atoms with Crippen molar-refractivity contribution in [2.45, 2.75) is 6.92 Å². The van der Waals surface area contributed by atoms with Crippen LogP contribution in [0.1, 0.15) is 12.6 Å². The summed E-state index contributed by atoms with van der Waals surface area (Å²) >= 11 is 1.21. The van der Waals surface area contributed by atoms with Crippen molar-refractivity contribution in [1.82, 2.24) is 10.2 Å². The quantitative estimate of drug-likeness (QED) is 0.685. The van der Waals surface area contributed by atoms with Gasteiger partial charge in [-0.15, -0.1) is 0 Å². The summed E-state index contributed by atoms with van der Waals surface area (Å²) in [5.74, 6) is 0.580. The van der Waals surface area contributed by atoms with Crippen LogP contribution >= 0.6 is 11.8 Å². The molecule has 0 spiro atoms. The summed E-state index contributed by atoms with van der Waals surface area (Å²) < 4.78 is 0. The van der Waals surface area contributed by atoms with Crippen LogP contribution in [0.5, 0.6) is 0 Å². The van der Waals surface area contributed by atoms with Crippen molar-refractivity contribution in [1.29, 1.82) is 0 Å². The van der Waals surface area contributed by atoms with E-state index >= 15 is 0 Å². The molecule has 0 aliphatic rings. The van der Waals surface area contributed by atoms with Gasteiger partial charge in [-0.2, -0.15) is 5.10 Å². The molecule has 0 aliphatic heterocycles. The molecule has 0 amide bonds. The highest BCUT2D eigenvalue weighted by Crippen LogP contribution is 2.22. The number of H-pyrrole nitrogens is 1. The molecule has 0 fully saturated rings. The minimum atomic E-state index is -0.445. The number of fused-ring (bicyclic) bond motifs is 1. The normalized spacial score (nSPS) is 11.2. The lowest BCUT2D eigenvalue weighted by Gasteiger charge is -1.92. The Balaban J connectivity index is 2.21. The standard InChI is InChI=1S/C12H11N3O3S/c1-8(16)19-6-2-3-11-10-5-4-9(15(17)18)7-12(10)14-13-11/h2-5,7H,6H2,1H3,(H,13,14). The van der Waals surface area contributed by atoms with Gasteiger partial charge in [0.1, 0.15) is 0 Å². The highest BCUT2D eigenvalue weighted by atomic mass is 32.2. The van der Waals surface area contributed by atoms with Crippen LogP contribution in [-0.2, 0) is 4.79 Å². The van der Waals surface area contributed by atoms with Gasteiger partial charge < -0.3 is 0 Å². The Hall–Kier alpha value is -2.15. The van der Waals surface area contributed by atoms with Gasteiger partial charge in [-0.05, 0) is 12.1 Å². The number of hydrogen-bond acceptors (Lipinski definition) is 5. The molecule has 0 atom stereocenters. The fourth-order valence-electron chi connectivity index (χ4n) is 1.59. The summed E-state index contributed by atoms with van der Waals surface area (Å²) in [4.78, 5) is 21.0. The third kappa shape index (κ3) is 3.19. The van der Waals surface area contributed by atoms with Crippen molar-refractivity contribution in [2.24, 2.45) is 0 Å². The molecule has 0 bridgehead atoms. The topological polar surface area (TPSA) is 88.9 Å². The van der Waals surface area contributed by atoms with Crippen LogP contribution in [0.15, 0.2) is 24.3 Å². The monoisotopic (exact) mass is 277 g/mol. The Kier molecular flexibility index (Phi) is 3.96. The summed E-state index contributed by atoms with van der Waals surface area (Å²) in [7, 11) is 0. The van der Waals surface area contributed by atoms with E-state index < -0.39 is 4.92 Å². The molecular formula is C12H11N3O3S. The number of nitro benzene ring substituents is 1. The van der Waals surface area contributed by atoms with Crippen molar-refractivity contribution >= 4 is 39.5 Å². The zero-order valence-corrected chi connectivity index (χ0v) is 10.9. The minimum Gasteiger partial charge on any atom is -0.288 e. The Bertz CT molecular complexity index is 663. The Labute approximate surface area is 113 Å². The van der Waals surface area contributed by atoms with Crippen molar-refractivity contribution in [3.05, 3.63) is 40.1 Å². The molecule has 1 N–H and O–H groups in total. The maximum Gasteiger partial charge on any atom is 0.271 e. The fraction of sp³-hybridized carbons (Fsp3) is 0.167. The zero-order chi connectivity index (χ0) is 13.8.